The van der Waals surface area contributed by atoms with Crippen LogP contribution in [0.2, 0.25) is 5.02 Å². The fraction of sp³-hybridized carbons (Fsp3) is 0.440. The van der Waals surface area contributed by atoms with Crippen molar-refractivity contribution in [3.05, 3.63) is 111 Å². The molecule has 0 spiro atoms. The molecule has 0 atom stereocenters. The summed E-state index contributed by atoms with van der Waals surface area (Å²) in [6.07, 6.45) is 11.1. The van der Waals surface area contributed by atoms with Crippen molar-refractivity contribution in [3.63, 3.8) is 0 Å². The molecule has 3 aromatic carbocycles. The lowest BCUT2D eigenvalue weighted by Crippen LogP contribution is -2.47. The number of aromatic nitrogens is 2. The van der Waals surface area contributed by atoms with E-state index in [0.717, 1.165) is 99.8 Å². The van der Waals surface area contributed by atoms with Crippen LogP contribution in [0, 0.1) is 15.5 Å². The van der Waals surface area contributed by atoms with Gasteiger partial charge in [0.05, 0.1) is 27.6 Å². The highest BCUT2D eigenvalue weighted by Crippen LogP contribution is 2.44. The molecule has 1 amide bonds. The van der Waals surface area contributed by atoms with Gasteiger partial charge in [0.2, 0.25) is 5.88 Å². The number of rotatable bonds is 13. The monoisotopic (exact) mass is 947 g/mol. The largest absolute Gasteiger partial charge is 0.474 e. The van der Waals surface area contributed by atoms with Gasteiger partial charge in [0.15, 0.2) is 0 Å². The van der Waals surface area contributed by atoms with Crippen LogP contribution in [0.25, 0.3) is 16.6 Å². The molecule has 5 aromatic rings. The van der Waals surface area contributed by atoms with Gasteiger partial charge in [0.1, 0.15) is 23.6 Å². The molecule has 2 saturated carbocycles. The van der Waals surface area contributed by atoms with Gasteiger partial charge in [-0.15, -0.1) is 0 Å². The minimum Gasteiger partial charge on any atom is -0.474 e. The molecule has 0 unspecified atom stereocenters. The number of H-pyrrole nitrogens is 1. The van der Waals surface area contributed by atoms with Crippen LogP contribution in [0.15, 0.2) is 89.5 Å². The Labute approximate surface area is 396 Å². The van der Waals surface area contributed by atoms with E-state index >= 15 is 0 Å². The number of carbonyl (C=O) groups is 1. The summed E-state index contributed by atoms with van der Waals surface area (Å²) in [5.41, 5.74) is 7.06. The fourth-order valence-corrected chi connectivity index (χ4v) is 11.4. The topological polar surface area (TPSA) is 178 Å². The smallest absolute Gasteiger partial charge is 0.293 e. The number of nitro groups is 1. The Balaban J connectivity index is 0.892. The first kappa shape index (κ1) is 45.1. The zero-order valence-corrected chi connectivity index (χ0v) is 39.6. The number of sulfonamides is 1. The van der Waals surface area contributed by atoms with Gasteiger partial charge in [0.25, 0.3) is 21.6 Å². The predicted octanol–water partition coefficient (Wildman–Crippen LogP) is 9.03. The van der Waals surface area contributed by atoms with E-state index < -0.39 is 20.9 Å². The minimum atomic E-state index is -4.56. The summed E-state index contributed by atoms with van der Waals surface area (Å²) in [6, 6.07) is 22.4. The lowest BCUT2D eigenvalue weighted by atomic mass is 9.72. The second kappa shape index (κ2) is 18.4. The number of aromatic amines is 1. The molecule has 3 aliphatic carbocycles. The van der Waals surface area contributed by atoms with Crippen molar-refractivity contribution in [2.75, 3.05) is 61.0 Å². The van der Waals surface area contributed by atoms with Crippen molar-refractivity contribution in [1.29, 1.82) is 0 Å². The maximum absolute atomic E-state index is 14.4. The Morgan fingerprint density at radius 1 is 0.910 bits per heavy atom. The highest BCUT2D eigenvalue weighted by molar-refractivity contribution is 7.90. The normalized spacial score (nSPS) is 21.2. The lowest BCUT2D eigenvalue weighted by molar-refractivity contribution is -0.384. The molecule has 1 saturated heterocycles. The number of pyridine rings is 1. The molecule has 4 N–H and O–H groups in total. The minimum absolute atomic E-state index is 0.0261. The quantitative estimate of drug-likeness (QED) is 0.0652. The summed E-state index contributed by atoms with van der Waals surface area (Å²) in [5.74, 6) is -0.474. The molecule has 2 aromatic heterocycles. The number of piperazine rings is 1. The van der Waals surface area contributed by atoms with Crippen molar-refractivity contribution in [2.24, 2.45) is 5.41 Å². The van der Waals surface area contributed by atoms with E-state index in [9.17, 15) is 23.3 Å². The first-order chi connectivity index (χ1) is 32.2. The molecule has 15 nitrogen and oxygen atoms in total. The van der Waals surface area contributed by atoms with Gasteiger partial charge in [-0.1, -0.05) is 43.2 Å². The molecule has 0 bridgehead atoms. The number of anilines is 4. The van der Waals surface area contributed by atoms with Crippen molar-refractivity contribution in [1.82, 2.24) is 24.9 Å². The maximum atomic E-state index is 14.4. The van der Waals surface area contributed by atoms with Crippen LogP contribution in [-0.4, -0.2) is 98.1 Å². The second-order valence-electron chi connectivity index (χ2n) is 19.6. The summed E-state index contributed by atoms with van der Waals surface area (Å²) in [7, 11) is -4.56. The number of amides is 1. The fourth-order valence-electron chi connectivity index (χ4n) is 10.3. The summed E-state index contributed by atoms with van der Waals surface area (Å²) in [6.45, 7) is 9.42. The average Bonchev–Trinajstić information content (AvgIpc) is 4.02. The number of ether oxygens (including phenoxy) is 1. The molecular weight excluding hydrogens is 890 g/mol. The number of halogens is 1. The summed E-state index contributed by atoms with van der Waals surface area (Å²) in [5, 5.41) is 20.9. The van der Waals surface area contributed by atoms with E-state index in [2.05, 4.69) is 56.1 Å². The first-order valence-corrected chi connectivity index (χ1v) is 25.5. The molecule has 2 aliphatic heterocycles. The highest BCUT2D eigenvalue weighted by atomic mass is 35.5. The third kappa shape index (κ3) is 9.99. The summed E-state index contributed by atoms with van der Waals surface area (Å²) in [4.78, 5) is 40.4. The number of benzene rings is 3. The standard InChI is InChI=1S/C50H58ClN9O6S/c1-50(2)19-17-34(42(30-50)32-3-5-35(51)6-4-32)31-57-21-23-58(24-22-57)39-13-15-41(44(28-39)59-25-26-66-49-46(59)27-33-18-20-52-47(33)55-49)48(61)56-67(64,65)40-14-16-43(45(29-40)60(62)63)54-38-11-9-37(10-12-38)53-36-7-8-36/h3-6,13-16,18,20,27-29,36-38,53-54H,7-12,17,19,21-26,30-31H2,1-2H3,(H,52,55)(H,56,61). The maximum Gasteiger partial charge on any atom is 0.293 e. The average molecular weight is 949 g/mol. The molecule has 0 radical (unpaired) electrons. The number of nitrogens with zero attached hydrogens (tertiary/aromatic N) is 5. The third-order valence-corrected chi connectivity index (χ3v) is 15.8. The van der Waals surface area contributed by atoms with Crippen LogP contribution in [0.4, 0.5) is 28.4 Å². The number of nitro benzene ring substituents is 1. The van der Waals surface area contributed by atoms with Crippen molar-refractivity contribution >= 4 is 72.6 Å². The van der Waals surface area contributed by atoms with E-state index in [1.807, 2.05) is 41.3 Å². The van der Waals surface area contributed by atoms with E-state index in [-0.39, 0.29) is 39.9 Å². The Morgan fingerprint density at radius 2 is 1.64 bits per heavy atom. The number of nitrogens with one attached hydrogen (secondary N) is 4. The number of fused-ring (bicyclic) bond motifs is 2. The van der Waals surface area contributed by atoms with Gasteiger partial charge in [0, 0.05) is 79.2 Å². The zero-order valence-electron chi connectivity index (χ0n) is 38.0. The SMILES string of the molecule is CC1(C)CCC(CN2CCN(c3ccc(C(=O)NS(=O)(=O)c4ccc(NC5CCC(NC6CC6)CC5)c([N+](=O)[O-])c4)c(N4CCOc5nc6[nH]ccc6cc54)c3)CC2)=C(c2ccc(Cl)cc2)C1. The number of hydrogen-bond donors (Lipinski definition) is 4. The first-order valence-electron chi connectivity index (χ1n) is 23.6. The van der Waals surface area contributed by atoms with Crippen LogP contribution in [0.1, 0.15) is 87.6 Å². The molecule has 17 heteroatoms. The molecule has 5 aliphatic rings. The zero-order chi connectivity index (χ0) is 46.5. The van der Waals surface area contributed by atoms with Gasteiger partial charge in [-0.2, -0.15) is 4.98 Å². The molecular formula is C50H58ClN9O6S. The van der Waals surface area contributed by atoms with Crippen molar-refractivity contribution < 1.29 is 22.9 Å². The van der Waals surface area contributed by atoms with E-state index in [0.29, 0.717) is 41.5 Å². The Hall–Kier alpha value is -5.68. The van der Waals surface area contributed by atoms with Crippen LogP contribution >= 0.6 is 11.6 Å². The predicted molar refractivity (Wildman–Crippen MR) is 263 cm³/mol. The summed E-state index contributed by atoms with van der Waals surface area (Å²) < 4.78 is 36.3. The van der Waals surface area contributed by atoms with Gasteiger partial charge >= 0.3 is 0 Å². The van der Waals surface area contributed by atoms with Gasteiger partial charge < -0.3 is 30.2 Å². The van der Waals surface area contributed by atoms with Crippen LogP contribution < -0.4 is 29.9 Å². The Kier molecular flexibility index (Phi) is 12.4. The molecule has 67 heavy (non-hydrogen) atoms. The van der Waals surface area contributed by atoms with Crippen LogP contribution in [0.3, 0.4) is 0 Å². The molecule has 10 rings (SSSR count). The molecule has 3 fully saturated rings. The highest BCUT2D eigenvalue weighted by Gasteiger charge is 2.33. The third-order valence-electron chi connectivity index (χ3n) is 14.2. The Bertz CT molecular complexity index is 2830. The molecule has 352 valence electrons. The van der Waals surface area contributed by atoms with E-state index in [4.69, 9.17) is 21.3 Å². The van der Waals surface area contributed by atoms with Crippen LogP contribution in [-0.2, 0) is 10.0 Å². The van der Waals surface area contributed by atoms with Crippen molar-refractivity contribution in [2.45, 2.75) is 94.7 Å². The van der Waals surface area contributed by atoms with Gasteiger partial charge in [-0.3, -0.25) is 19.8 Å². The lowest BCUT2D eigenvalue weighted by Gasteiger charge is -2.39. The number of allylic oxidation sites excluding steroid dienone is 1. The van der Waals surface area contributed by atoms with Crippen molar-refractivity contribution in [3.8, 4) is 5.88 Å². The number of hydrogen-bond acceptors (Lipinski definition) is 12. The van der Waals surface area contributed by atoms with Crippen LogP contribution in [0.5, 0.6) is 5.88 Å². The summed E-state index contributed by atoms with van der Waals surface area (Å²) >= 11 is 6.27. The van der Waals surface area contributed by atoms with E-state index in [1.54, 1.807) is 12.3 Å². The van der Waals surface area contributed by atoms with Gasteiger partial charge in [-0.25, -0.2) is 13.1 Å². The van der Waals surface area contributed by atoms with E-state index in [1.165, 1.54) is 41.7 Å². The van der Waals surface area contributed by atoms with Gasteiger partial charge in [-0.05, 0) is 129 Å². The second-order valence-corrected chi connectivity index (χ2v) is 21.7. The molecule has 4 heterocycles. The Morgan fingerprint density at radius 3 is 2.37 bits per heavy atom. The number of carbonyl (C=O) groups excluding carboxylic acids is 1.